The molecule has 2 aromatic carbocycles. The van der Waals surface area contributed by atoms with Crippen molar-refractivity contribution in [3.05, 3.63) is 59.7 Å². The minimum Gasteiger partial charge on any atom is -0.369 e. The molecule has 2 aromatic rings. The Balaban J connectivity index is 1.83. The normalized spacial score (nSPS) is 15.8. The first-order chi connectivity index (χ1) is 11.2. The van der Waals surface area contributed by atoms with Crippen molar-refractivity contribution in [3.8, 4) is 11.1 Å². The number of alkyl halides is 3. The molecule has 1 saturated carbocycles. The van der Waals surface area contributed by atoms with Gasteiger partial charge in [-0.2, -0.15) is 13.2 Å². The van der Waals surface area contributed by atoms with E-state index in [0.29, 0.717) is 5.56 Å². The van der Waals surface area contributed by atoms with Gasteiger partial charge in [0.05, 0.1) is 5.41 Å². The molecule has 0 atom stereocenters. The second-order valence-electron chi connectivity index (χ2n) is 5.93. The van der Waals surface area contributed by atoms with E-state index in [2.05, 4.69) is 0 Å². The van der Waals surface area contributed by atoms with E-state index in [-0.39, 0.29) is 5.91 Å². The summed E-state index contributed by atoms with van der Waals surface area (Å²) in [6.07, 6.45) is -3.41. The monoisotopic (exact) mass is 333 g/mol. The fraction of sp³-hybridized carbons (Fsp3) is 0.222. The van der Waals surface area contributed by atoms with E-state index in [4.69, 9.17) is 5.73 Å². The van der Waals surface area contributed by atoms with E-state index in [9.17, 15) is 22.8 Å². The maximum absolute atomic E-state index is 12.4. The second-order valence-corrected chi connectivity index (χ2v) is 5.93. The molecule has 1 amide bonds. The summed E-state index contributed by atoms with van der Waals surface area (Å²) in [5, 5.41) is 0. The summed E-state index contributed by atoms with van der Waals surface area (Å²) in [5.41, 5.74) is 6.78. The van der Waals surface area contributed by atoms with Crippen molar-refractivity contribution in [2.75, 3.05) is 0 Å². The van der Waals surface area contributed by atoms with E-state index in [1.54, 1.807) is 12.1 Å². The Bertz CT molecular complexity index is 789. The van der Waals surface area contributed by atoms with Gasteiger partial charge in [0.15, 0.2) is 0 Å². The van der Waals surface area contributed by atoms with E-state index in [1.807, 2.05) is 12.1 Å². The third kappa shape index (κ3) is 2.79. The first kappa shape index (κ1) is 16.2. The van der Waals surface area contributed by atoms with Crippen LogP contribution in [-0.4, -0.2) is 17.9 Å². The van der Waals surface area contributed by atoms with E-state index >= 15 is 0 Å². The number of rotatable bonds is 4. The Hall–Kier alpha value is -2.63. The molecular weight excluding hydrogens is 319 g/mol. The predicted molar refractivity (Wildman–Crippen MR) is 82.4 cm³/mol. The van der Waals surface area contributed by atoms with Crippen molar-refractivity contribution in [2.24, 2.45) is 5.73 Å². The van der Waals surface area contributed by atoms with Crippen molar-refractivity contribution < 1.29 is 22.8 Å². The molecule has 0 heterocycles. The average Bonchev–Trinajstić information content (AvgIpc) is 3.36. The Morgan fingerprint density at radius 2 is 1.33 bits per heavy atom. The van der Waals surface area contributed by atoms with Gasteiger partial charge < -0.3 is 5.73 Å². The third-order valence-corrected chi connectivity index (χ3v) is 4.40. The van der Waals surface area contributed by atoms with Gasteiger partial charge in [0, 0.05) is 5.56 Å². The van der Waals surface area contributed by atoms with Gasteiger partial charge in [-0.15, -0.1) is 0 Å². The Morgan fingerprint density at radius 1 is 0.875 bits per heavy atom. The quantitative estimate of drug-likeness (QED) is 0.869. The van der Waals surface area contributed by atoms with Gasteiger partial charge in [0.1, 0.15) is 0 Å². The van der Waals surface area contributed by atoms with Crippen LogP contribution in [0.5, 0.6) is 0 Å². The molecule has 124 valence electrons. The largest absolute Gasteiger partial charge is 0.454 e. The number of benzene rings is 2. The maximum Gasteiger partial charge on any atom is 0.454 e. The highest BCUT2D eigenvalue weighted by Crippen LogP contribution is 2.48. The Morgan fingerprint density at radius 3 is 1.71 bits per heavy atom. The van der Waals surface area contributed by atoms with Crippen LogP contribution < -0.4 is 5.73 Å². The molecule has 6 heteroatoms. The van der Waals surface area contributed by atoms with Crippen LogP contribution in [0, 0.1) is 0 Å². The number of ketones is 1. The SMILES string of the molecule is NC(=O)C1(c2ccc(-c3ccc(C(=O)C(F)(F)F)cc3)cc2)CC1. The van der Waals surface area contributed by atoms with Gasteiger partial charge >= 0.3 is 6.18 Å². The van der Waals surface area contributed by atoms with Crippen molar-refractivity contribution in [1.29, 1.82) is 0 Å². The highest BCUT2D eigenvalue weighted by atomic mass is 19.4. The fourth-order valence-corrected chi connectivity index (χ4v) is 2.76. The second kappa shape index (κ2) is 5.47. The van der Waals surface area contributed by atoms with Gasteiger partial charge in [-0.1, -0.05) is 48.5 Å². The Labute approximate surface area is 136 Å². The number of halogens is 3. The van der Waals surface area contributed by atoms with Crippen LogP contribution in [0.4, 0.5) is 13.2 Å². The van der Waals surface area contributed by atoms with Crippen LogP contribution in [-0.2, 0) is 10.2 Å². The number of nitrogens with two attached hydrogens (primary N) is 1. The molecule has 0 saturated heterocycles. The lowest BCUT2D eigenvalue weighted by Gasteiger charge is -2.12. The van der Waals surface area contributed by atoms with Crippen LogP contribution in [0.25, 0.3) is 11.1 Å². The molecule has 0 spiro atoms. The van der Waals surface area contributed by atoms with Crippen LogP contribution in [0.1, 0.15) is 28.8 Å². The zero-order valence-electron chi connectivity index (χ0n) is 12.6. The van der Waals surface area contributed by atoms with Crippen LogP contribution in [0.15, 0.2) is 48.5 Å². The summed E-state index contributed by atoms with van der Waals surface area (Å²) < 4.78 is 37.2. The molecule has 0 bridgehead atoms. The first-order valence-corrected chi connectivity index (χ1v) is 7.36. The molecule has 3 nitrogen and oxygen atoms in total. The molecule has 3 rings (SSSR count). The fourth-order valence-electron chi connectivity index (χ4n) is 2.76. The van der Waals surface area contributed by atoms with Gasteiger partial charge in [-0.05, 0) is 29.5 Å². The zero-order chi connectivity index (χ0) is 17.5. The van der Waals surface area contributed by atoms with Crippen LogP contribution >= 0.6 is 0 Å². The molecule has 0 aliphatic heterocycles. The minimum absolute atomic E-state index is 0.342. The lowest BCUT2D eigenvalue weighted by Crippen LogP contribution is -2.28. The van der Waals surface area contributed by atoms with E-state index in [1.165, 1.54) is 12.1 Å². The molecule has 0 unspecified atom stereocenters. The minimum atomic E-state index is -4.88. The van der Waals surface area contributed by atoms with Gasteiger partial charge in [0.25, 0.3) is 5.78 Å². The van der Waals surface area contributed by atoms with Crippen molar-refractivity contribution in [1.82, 2.24) is 0 Å². The Kier molecular flexibility index (Phi) is 3.70. The van der Waals surface area contributed by atoms with Gasteiger partial charge in [-0.25, -0.2) is 0 Å². The molecule has 24 heavy (non-hydrogen) atoms. The number of primary amides is 1. The maximum atomic E-state index is 12.4. The molecule has 0 aromatic heterocycles. The molecule has 1 fully saturated rings. The van der Waals surface area contributed by atoms with Crippen molar-refractivity contribution >= 4 is 11.7 Å². The van der Waals surface area contributed by atoms with Crippen molar-refractivity contribution in [3.63, 3.8) is 0 Å². The number of Topliss-reactive ketones (excluding diaryl/α,β-unsaturated/α-hetero) is 1. The van der Waals surface area contributed by atoms with E-state index < -0.39 is 22.9 Å². The molecule has 2 N–H and O–H groups in total. The smallest absolute Gasteiger partial charge is 0.369 e. The lowest BCUT2D eigenvalue weighted by atomic mass is 9.93. The summed E-state index contributed by atoms with van der Waals surface area (Å²) in [4.78, 5) is 22.7. The first-order valence-electron chi connectivity index (χ1n) is 7.36. The summed E-state index contributed by atoms with van der Waals surface area (Å²) in [7, 11) is 0. The summed E-state index contributed by atoms with van der Waals surface area (Å²) in [6.45, 7) is 0. The van der Waals surface area contributed by atoms with Gasteiger partial charge in [0.2, 0.25) is 5.91 Å². The van der Waals surface area contributed by atoms with Crippen molar-refractivity contribution in [2.45, 2.75) is 24.4 Å². The lowest BCUT2D eigenvalue weighted by molar-refractivity contribution is -0.120. The third-order valence-electron chi connectivity index (χ3n) is 4.40. The molecular formula is C18H14F3NO2. The standard InChI is InChI=1S/C18H14F3NO2/c19-18(20,21)15(23)13-3-1-11(2-4-13)12-5-7-14(8-6-12)17(9-10-17)16(22)24/h1-8H,9-10H2,(H2,22,24). The number of hydrogen-bond acceptors (Lipinski definition) is 2. The number of hydrogen-bond donors (Lipinski definition) is 1. The molecule has 1 aliphatic rings. The highest BCUT2D eigenvalue weighted by molar-refractivity contribution is 6.00. The predicted octanol–water partition coefficient (Wildman–Crippen LogP) is 3.62. The summed E-state index contributed by atoms with van der Waals surface area (Å²) >= 11 is 0. The molecule has 0 radical (unpaired) electrons. The van der Waals surface area contributed by atoms with E-state index in [0.717, 1.165) is 36.1 Å². The topological polar surface area (TPSA) is 60.2 Å². The summed E-state index contributed by atoms with van der Waals surface area (Å²) in [5.74, 6) is -2.20. The number of carbonyl (C=O) groups excluding carboxylic acids is 2. The number of carbonyl (C=O) groups is 2. The number of amides is 1. The zero-order valence-corrected chi connectivity index (χ0v) is 12.6. The van der Waals surface area contributed by atoms with Crippen LogP contribution in [0.3, 0.4) is 0 Å². The molecule has 1 aliphatic carbocycles. The van der Waals surface area contributed by atoms with Gasteiger partial charge in [-0.3, -0.25) is 9.59 Å². The van der Waals surface area contributed by atoms with Crippen LogP contribution in [0.2, 0.25) is 0 Å². The average molecular weight is 333 g/mol. The summed E-state index contributed by atoms with van der Waals surface area (Å²) in [6, 6.07) is 12.4. The highest BCUT2D eigenvalue weighted by Gasteiger charge is 2.49.